The Bertz CT molecular complexity index is 233. The molecule has 0 aliphatic heterocycles. The van der Waals surface area contributed by atoms with Crippen LogP contribution in [0.3, 0.4) is 0 Å². The standard InChI is InChI=1S/C10H14O2S/c1-13-8-2-7-12-10-5-3-9(11)4-6-10/h3-6,11H,2,7-8H2,1H3. The van der Waals surface area contributed by atoms with Gasteiger partial charge in [0.1, 0.15) is 11.5 Å². The highest BCUT2D eigenvalue weighted by molar-refractivity contribution is 7.98. The van der Waals surface area contributed by atoms with Gasteiger partial charge < -0.3 is 9.84 Å². The maximum absolute atomic E-state index is 9.01. The summed E-state index contributed by atoms with van der Waals surface area (Å²) in [6, 6.07) is 6.80. The van der Waals surface area contributed by atoms with Crippen molar-refractivity contribution < 1.29 is 9.84 Å². The van der Waals surface area contributed by atoms with Crippen molar-refractivity contribution in [1.29, 1.82) is 0 Å². The summed E-state index contributed by atoms with van der Waals surface area (Å²) < 4.78 is 5.44. The highest BCUT2D eigenvalue weighted by Gasteiger charge is 1.93. The molecule has 0 fully saturated rings. The van der Waals surface area contributed by atoms with Crippen LogP contribution < -0.4 is 4.74 Å². The maximum atomic E-state index is 9.01. The number of benzene rings is 1. The first kappa shape index (κ1) is 10.3. The molecule has 0 amide bonds. The average Bonchev–Trinajstić information content (AvgIpc) is 2.15. The van der Waals surface area contributed by atoms with E-state index < -0.39 is 0 Å². The van der Waals surface area contributed by atoms with Crippen LogP contribution in [-0.2, 0) is 0 Å². The molecule has 0 spiro atoms. The lowest BCUT2D eigenvalue weighted by Crippen LogP contribution is -1.97. The quantitative estimate of drug-likeness (QED) is 0.737. The van der Waals surface area contributed by atoms with Crippen molar-refractivity contribution in [2.75, 3.05) is 18.6 Å². The maximum Gasteiger partial charge on any atom is 0.119 e. The Morgan fingerprint density at radius 3 is 2.62 bits per heavy atom. The molecule has 3 heteroatoms. The minimum Gasteiger partial charge on any atom is -0.508 e. The Kier molecular flexibility index (Phi) is 4.54. The summed E-state index contributed by atoms with van der Waals surface area (Å²) in [4.78, 5) is 0. The normalized spacial score (nSPS) is 9.92. The first-order valence-corrected chi connectivity index (χ1v) is 5.63. The van der Waals surface area contributed by atoms with Gasteiger partial charge in [-0.2, -0.15) is 11.8 Å². The molecule has 1 N–H and O–H groups in total. The van der Waals surface area contributed by atoms with Gasteiger partial charge in [-0.15, -0.1) is 0 Å². The first-order chi connectivity index (χ1) is 6.33. The summed E-state index contributed by atoms with van der Waals surface area (Å²) >= 11 is 1.82. The Balaban J connectivity index is 2.25. The monoisotopic (exact) mass is 198 g/mol. The van der Waals surface area contributed by atoms with Crippen LogP contribution in [0.25, 0.3) is 0 Å². The molecule has 0 bridgehead atoms. The molecule has 13 heavy (non-hydrogen) atoms. The topological polar surface area (TPSA) is 29.5 Å². The molecule has 0 aromatic heterocycles. The molecule has 2 nitrogen and oxygen atoms in total. The van der Waals surface area contributed by atoms with E-state index in [1.54, 1.807) is 24.3 Å². The van der Waals surface area contributed by atoms with Gasteiger partial charge in [-0.25, -0.2) is 0 Å². The number of phenolic OH excluding ortho intramolecular Hbond substituents is 1. The second-order valence-corrected chi connectivity index (χ2v) is 3.67. The predicted molar refractivity (Wildman–Crippen MR) is 56.6 cm³/mol. The van der Waals surface area contributed by atoms with Crippen LogP contribution in [0.15, 0.2) is 24.3 Å². The first-order valence-electron chi connectivity index (χ1n) is 4.23. The lowest BCUT2D eigenvalue weighted by Gasteiger charge is -2.04. The molecule has 0 unspecified atom stereocenters. The molecule has 0 aliphatic rings. The molecule has 0 saturated heterocycles. The van der Waals surface area contributed by atoms with E-state index in [2.05, 4.69) is 6.26 Å². The van der Waals surface area contributed by atoms with Gasteiger partial charge in [0, 0.05) is 0 Å². The second kappa shape index (κ2) is 5.75. The lowest BCUT2D eigenvalue weighted by atomic mass is 10.3. The van der Waals surface area contributed by atoms with Gasteiger partial charge in [0.15, 0.2) is 0 Å². The van der Waals surface area contributed by atoms with Gasteiger partial charge in [-0.05, 0) is 42.7 Å². The highest BCUT2D eigenvalue weighted by atomic mass is 32.2. The van der Waals surface area contributed by atoms with E-state index >= 15 is 0 Å². The molecule has 0 radical (unpaired) electrons. The highest BCUT2D eigenvalue weighted by Crippen LogP contribution is 2.15. The zero-order valence-electron chi connectivity index (χ0n) is 7.69. The molecule has 72 valence electrons. The molecule has 0 aliphatic carbocycles. The Hall–Kier alpha value is -0.830. The van der Waals surface area contributed by atoms with Crippen LogP contribution in [0, 0.1) is 0 Å². The van der Waals surface area contributed by atoms with Gasteiger partial charge >= 0.3 is 0 Å². The van der Waals surface area contributed by atoms with Crippen LogP contribution in [0.4, 0.5) is 0 Å². The summed E-state index contributed by atoms with van der Waals surface area (Å²) in [7, 11) is 0. The van der Waals surface area contributed by atoms with Crippen molar-refractivity contribution in [3.8, 4) is 11.5 Å². The fraction of sp³-hybridized carbons (Fsp3) is 0.400. The van der Waals surface area contributed by atoms with E-state index in [0.29, 0.717) is 0 Å². The summed E-state index contributed by atoms with van der Waals surface area (Å²) in [5.41, 5.74) is 0. The summed E-state index contributed by atoms with van der Waals surface area (Å²) in [6.45, 7) is 0.742. The van der Waals surface area contributed by atoms with Gasteiger partial charge in [0.05, 0.1) is 6.61 Å². The van der Waals surface area contributed by atoms with E-state index in [1.165, 1.54) is 0 Å². The zero-order chi connectivity index (χ0) is 9.52. The number of thioether (sulfide) groups is 1. The molecule has 0 atom stereocenters. The van der Waals surface area contributed by atoms with E-state index in [4.69, 9.17) is 9.84 Å². The predicted octanol–water partition coefficient (Wildman–Crippen LogP) is 2.52. The smallest absolute Gasteiger partial charge is 0.119 e. The van der Waals surface area contributed by atoms with E-state index in [9.17, 15) is 0 Å². The summed E-state index contributed by atoms with van der Waals surface area (Å²) in [5, 5.41) is 9.01. The fourth-order valence-electron chi connectivity index (χ4n) is 0.936. The minimum absolute atomic E-state index is 0.275. The summed E-state index contributed by atoms with van der Waals surface area (Å²) in [6.07, 6.45) is 3.14. The van der Waals surface area contributed by atoms with E-state index in [1.807, 2.05) is 11.8 Å². The number of hydrogen-bond donors (Lipinski definition) is 1. The molecular weight excluding hydrogens is 184 g/mol. The zero-order valence-corrected chi connectivity index (χ0v) is 8.51. The number of hydrogen-bond acceptors (Lipinski definition) is 3. The van der Waals surface area contributed by atoms with Crippen LogP contribution in [0.5, 0.6) is 11.5 Å². The van der Waals surface area contributed by atoms with Crippen molar-refractivity contribution in [3.05, 3.63) is 24.3 Å². The number of phenols is 1. The third-order valence-electron chi connectivity index (χ3n) is 1.60. The third-order valence-corrected chi connectivity index (χ3v) is 2.30. The Morgan fingerprint density at radius 1 is 1.31 bits per heavy atom. The van der Waals surface area contributed by atoms with Crippen molar-refractivity contribution in [2.24, 2.45) is 0 Å². The summed E-state index contributed by atoms with van der Waals surface area (Å²) in [5.74, 6) is 2.22. The van der Waals surface area contributed by atoms with Gasteiger partial charge in [0.2, 0.25) is 0 Å². The van der Waals surface area contributed by atoms with Gasteiger partial charge in [-0.1, -0.05) is 0 Å². The van der Waals surface area contributed by atoms with Crippen molar-refractivity contribution in [2.45, 2.75) is 6.42 Å². The molecule has 1 rings (SSSR count). The third kappa shape index (κ3) is 4.08. The van der Waals surface area contributed by atoms with Crippen molar-refractivity contribution in [3.63, 3.8) is 0 Å². The molecule has 1 aromatic rings. The van der Waals surface area contributed by atoms with Crippen LogP contribution in [-0.4, -0.2) is 23.7 Å². The average molecular weight is 198 g/mol. The van der Waals surface area contributed by atoms with E-state index in [0.717, 1.165) is 24.5 Å². The lowest BCUT2D eigenvalue weighted by molar-refractivity contribution is 0.318. The molecule has 1 aromatic carbocycles. The number of ether oxygens (including phenoxy) is 1. The van der Waals surface area contributed by atoms with Crippen molar-refractivity contribution >= 4 is 11.8 Å². The van der Waals surface area contributed by atoms with E-state index in [-0.39, 0.29) is 5.75 Å². The number of rotatable bonds is 5. The molecular formula is C10H14O2S. The second-order valence-electron chi connectivity index (χ2n) is 2.69. The minimum atomic E-state index is 0.275. The van der Waals surface area contributed by atoms with Crippen LogP contribution in [0.2, 0.25) is 0 Å². The molecule has 0 heterocycles. The largest absolute Gasteiger partial charge is 0.508 e. The van der Waals surface area contributed by atoms with Gasteiger partial charge in [0.25, 0.3) is 0 Å². The van der Waals surface area contributed by atoms with Crippen molar-refractivity contribution in [1.82, 2.24) is 0 Å². The Labute approximate surface area is 82.9 Å². The van der Waals surface area contributed by atoms with Crippen LogP contribution >= 0.6 is 11.8 Å². The molecule has 0 saturated carbocycles. The van der Waals surface area contributed by atoms with Crippen LogP contribution in [0.1, 0.15) is 6.42 Å². The van der Waals surface area contributed by atoms with Gasteiger partial charge in [-0.3, -0.25) is 0 Å². The SMILES string of the molecule is CSCCCOc1ccc(O)cc1. The Morgan fingerprint density at radius 2 is 2.00 bits per heavy atom. The fourth-order valence-corrected chi connectivity index (χ4v) is 1.34. The number of aromatic hydroxyl groups is 1.